The van der Waals surface area contributed by atoms with Crippen molar-refractivity contribution in [2.24, 2.45) is 5.92 Å². The zero-order valence-electron chi connectivity index (χ0n) is 13.2. The van der Waals surface area contributed by atoms with E-state index in [9.17, 15) is 13.2 Å². The zero-order valence-corrected chi connectivity index (χ0v) is 14.0. The molecule has 9 heteroatoms. The summed E-state index contributed by atoms with van der Waals surface area (Å²) in [5.74, 6) is 0.0344. The zero-order chi connectivity index (χ0) is 16.5. The lowest BCUT2D eigenvalue weighted by atomic mass is 10.2. The number of hydrogen-bond donors (Lipinski definition) is 2. The molecule has 0 saturated carbocycles. The molecule has 126 valence electrons. The highest BCUT2D eigenvalue weighted by Gasteiger charge is 2.08. The summed E-state index contributed by atoms with van der Waals surface area (Å²) in [6, 6.07) is 0. The number of rotatable bonds is 11. The van der Waals surface area contributed by atoms with Crippen LogP contribution < -0.4 is 5.32 Å². The minimum absolute atomic E-state index is 0.00996. The number of amides is 1. The molecule has 0 aromatic rings. The lowest BCUT2D eigenvalue weighted by molar-refractivity contribution is -0.124. The SMILES string of the molecule is CC(C)C(=O)NCCN(C)CCN(C)CCOS(=O)(=O)O. The van der Waals surface area contributed by atoms with Gasteiger partial charge in [0.25, 0.3) is 0 Å². The summed E-state index contributed by atoms with van der Waals surface area (Å²) >= 11 is 0. The standard InChI is InChI=1S/C12H27N3O5S/c1-11(2)12(16)13-5-6-14(3)7-8-15(4)9-10-20-21(17,18)19/h11H,5-10H2,1-4H3,(H,13,16)(H,17,18,19). The van der Waals surface area contributed by atoms with E-state index in [1.54, 1.807) is 0 Å². The third kappa shape index (κ3) is 12.7. The van der Waals surface area contributed by atoms with E-state index in [2.05, 4.69) is 14.4 Å². The molecular weight excluding hydrogens is 298 g/mol. The Bertz CT molecular complexity index is 400. The van der Waals surface area contributed by atoms with Crippen molar-refractivity contribution in [3.05, 3.63) is 0 Å². The van der Waals surface area contributed by atoms with Gasteiger partial charge in [0.15, 0.2) is 0 Å². The van der Waals surface area contributed by atoms with Gasteiger partial charge < -0.3 is 15.1 Å². The van der Waals surface area contributed by atoms with E-state index >= 15 is 0 Å². The van der Waals surface area contributed by atoms with Crippen LogP contribution in [0.4, 0.5) is 0 Å². The second kappa shape index (κ2) is 10.1. The van der Waals surface area contributed by atoms with Gasteiger partial charge in [0.05, 0.1) is 6.61 Å². The first-order valence-corrected chi connectivity index (χ1v) is 8.25. The van der Waals surface area contributed by atoms with Gasteiger partial charge in [0.1, 0.15) is 0 Å². The molecule has 0 aromatic heterocycles. The molecule has 0 aliphatic carbocycles. The molecule has 2 N–H and O–H groups in total. The normalized spacial score (nSPS) is 12.4. The highest BCUT2D eigenvalue weighted by atomic mass is 32.3. The van der Waals surface area contributed by atoms with Crippen LogP contribution in [0.5, 0.6) is 0 Å². The van der Waals surface area contributed by atoms with E-state index in [0.29, 0.717) is 13.1 Å². The Balaban J connectivity index is 3.68. The summed E-state index contributed by atoms with van der Waals surface area (Å²) in [6.45, 7) is 6.87. The first-order chi connectivity index (χ1) is 9.61. The van der Waals surface area contributed by atoms with E-state index in [1.165, 1.54) is 0 Å². The van der Waals surface area contributed by atoms with Crippen LogP contribution in [0.3, 0.4) is 0 Å². The Morgan fingerprint density at radius 2 is 1.67 bits per heavy atom. The summed E-state index contributed by atoms with van der Waals surface area (Å²) in [6.07, 6.45) is 0. The van der Waals surface area contributed by atoms with Crippen LogP contribution in [0, 0.1) is 5.92 Å². The molecule has 0 aliphatic rings. The van der Waals surface area contributed by atoms with E-state index in [0.717, 1.165) is 19.6 Å². The first kappa shape index (κ1) is 20.3. The highest BCUT2D eigenvalue weighted by molar-refractivity contribution is 7.80. The van der Waals surface area contributed by atoms with Crippen LogP contribution in [0.15, 0.2) is 0 Å². The predicted octanol–water partition coefficient (Wildman–Crippen LogP) is -0.558. The van der Waals surface area contributed by atoms with Crippen molar-refractivity contribution in [2.75, 3.05) is 53.4 Å². The summed E-state index contributed by atoms with van der Waals surface area (Å²) in [4.78, 5) is 15.3. The van der Waals surface area contributed by atoms with Gasteiger partial charge >= 0.3 is 10.4 Å². The molecule has 0 atom stereocenters. The summed E-state index contributed by atoms with van der Waals surface area (Å²) in [5.41, 5.74) is 0. The third-order valence-electron chi connectivity index (χ3n) is 2.89. The molecule has 0 fully saturated rings. The van der Waals surface area contributed by atoms with Crippen LogP contribution in [0.25, 0.3) is 0 Å². The maximum Gasteiger partial charge on any atom is 0.397 e. The molecule has 0 unspecified atom stereocenters. The van der Waals surface area contributed by atoms with Gasteiger partial charge in [-0.3, -0.25) is 9.35 Å². The van der Waals surface area contributed by atoms with Gasteiger partial charge in [0.2, 0.25) is 5.91 Å². The van der Waals surface area contributed by atoms with Crippen molar-refractivity contribution in [2.45, 2.75) is 13.8 Å². The quantitative estimate of drug-likeness (QED) is 0.491. The largest absolute Gasteiger partial charge is 0.397 e. The van der Waals surface area contributed by atoms with E-state index < -0.39 is 10.4 Å². The minimum Gasteiger partial charge on any atom is -0.355 e. The molecule has 0 heterocycles. The molecular formula is C12H27N3O5S. The predicted molar refractivity (Wildman–Crippen MR) is 80.3 cm³/mol. The Hall–Kier alpha value is -0.740. The van der Waals surface area contributed by atoms with Crippen molar-refractivity contribution in [1.29, 1.82) is 0 Å². The molecule has 0 aliphatic heterocycles. The maximum atomic E-state index is 11.4. The Morgan fingerprint density at radius 3 is 2.14 bits per heavy atom. The van der Waals surface area contributed by atoms with Crippen LogP contribution in [0.1, 0.15) is 13.8 Å². The minimum atomic E-state index is -4.36. The maximum absolute atomic E-state index is 11.4. The van der Waals surface area contributed by atoms with Gasteiger partial charge in [-0.05, 0) is 14.1 Å². The van der Waals surface area contributed by atoms with Crippen LogP contribution in [0.2, 0.25) is 0 Å². The molecule has 0 radical (unpaired) electrons. The second-order valence-corrected chi connectivity index (χ2v) is 6.39. The fourth-order valence-electron chi connectivity index (χ4n) is 1.44. The van der Waals surface area contributed by atoms with Crippen LogP contribution in [-0.2, 0) is 19.4 Å². The second-order valence-electron chi connectivity index (χ2n) is 5.30. The van der Waals surface area contributed by atoms with Crippen LogP contribution >= 0.6 is 0 Å². The van der Waals surface area contributed by atoms with Crippen molar-refractivity contribution in [3.63, 3.8) is 0 Å². The molecule has 0 bridgehead atoms. The van der Waals surface area contributed by atoms with Crippen molar-refractivity contribution >= 4 is 16.3 Å². The number of likely N-dealkylation sites (N-methyl/N-ethyl adjacent to an activating group) is 2. The number of nitrogens with zero attached hydrogens (tertiary/aromatic N) is 2. The Labute approximate surface area is 127 Å². The number of hydrogen-bond acceptors (Lipinski definition) is 6. The number of carbonyl (C=O) groups is 1. The molecule has 0 rings (SSSR count). The van der Waals surface area contributed by atoms with E-state index in [4.69, 9.17) is 4.55 Å². The monoisotopic (exact) mass is 325 g/mol. The Kier molecular flexibility index (Phi) is 9.71. The molecule has 21 heavy (non-hydrogen) atoms. The van der Waals surface area contributed by atoms with Gasteiger partial charge in [-0.2, -0.15) is 8.42 Å². The van der Waals surface area contributed by atoms with E-state index in [-0.39, 0.29) is 18.4 Å². The van der Waals surface area contributed by atoms with Crippen molar-refractivity contribution in [3.8, 4) is 0 Å². The lowest BCUT2D eigenvalue weighted by Gasteiger charge is -2.22. The fraction of sp³-hybridized carbons (Fsp3) is 0.917. The molecule has 0 saturated heterocycles. The molecule has 0 spiro atoms. The number of nitrogens with one attached hydrogen (secondary N) is 1. The molecule has 8 nitrogen and oxygen atoms in total. The summed E-state index contributed by atoms with van der Waals surface area (Å²) in [7, 11) is -0.572. The molecule has 0 aromatic carbocycles. The number of carbonyl (C=O) groups excluding carboxylic acids is 1. The first-order valence-electron chi connectivity index (χ1n) is 6.88. The van der Waals surface area contributed by atoms with Gasteiger partial charge in [-0.1, -0.05) is 13.8 Å². The highest BCUT2D eigenvalue weighted by Crippen LogP contribution is 1.92. The molecule has 1 amide bonds. The van der Waals surface area contributed by atoms with Crippen LogP contribution in [-0.4, -0.2) is 82.1 Å². The summed E-state index contributed by atoms with van der Waals surface area (Å²) in [5, 5.41) is 2.84. The van der Waals surface area contributed by atoms with Gasteiger partial charge in [0, 0.05) is 38.6 Å². The third-order valence-corrected chi connectivity index (χ3v) is 3.35. The fourth-order valence-corrected chi connectivity index (χ4v) is 1.72. The van der Waals surface area contributed by atoms with Gasteiger partial charge in [-0.25, -0.2) is 4.18 Å². The smallest absolute Gasteiger partial charge is 0.355 e. The lowest BCUT2D eigenvalue weighted by Crippen LogP contribution is -2.38. The average Bonchev–Trinajstić information content (AvgIpc) is 2.34. The topological polar surface area (TPSA) is 99.2 Å². The van der Waals surface area contributed by atoms with Crippen molar-refractivity contribution < 1.29 is 21.9 Å². The average molecular weight is 325 g/mol. The van der Waals surface area contributed by atoms with Gasteiger partial charge in [-0.15, -0.1) is 0 Å². The van der Waals surface area contributed by atoms with E-state index in [1.807, 2.05) is 32.8 Å². The Morgan fingerprint density at radius 1 is 1.14 bits per heavy atom. The summed E-state index contributed by atoms with van der Waals surface area (Å²) < 4.78 is 33.4. The van der Waals surface area contributed by atoms with Crippen molar-refractivity contribution in [1.82, 2.24) is 15.1 Å².